The van der Waals surface area contributed by atoms with E-state index in [9.17, 15) is 10.1 Å². The summed E-state index contributed by atoms with van der Waals surface area (Å²) in [6.07, 6.45) is 1.69. The Hall–Kier alpha value is -2.20. The van der Waals surface area contributed by atoms with Gasteiger partial charge in [0.25, 0.3) is 5.69 Å². The lowest BCUT2D eigenvalue weighted by molar-refractivity contribution is -0.384. The smallest absolute Gasteiger partial charge is 0.258 e. The molecule has 0 radical (unpaired) electrons. The van der Waals surface area contributed by atoms with Crippen molar-refractivity contribution in [2.45, 2.75) is 19.8 Å². The highest BCUT2D eigenvalue weighted by molar-refractivity contribution is 6.33. The zero-order valence-corrected chi connectivity index (χ0v) is 12.5. The highest BCUT2D eigenvalue weighted by Gasteiger charge is 2.08. The second-order valence-corrected chi connectivity index (χ2v) is 5.38. The molecule has 0 aliphatic heterocycles. The molecule has 4 nitrogen and oxygen atoms in total. The Balaban J connectivity index is 2.19. The van der Waals surface area contributed by atoms with Crippen LogP contribution in [0.3, 0.4) is 0 Å². The van der Waals surface area contributed by atoms with Crippen molar-refractivity contribution in [3.8, 4) is 0 Å². The van der Waals surface area contributed by atoms with Gasteiger partial charge in [0.2, 0.25) is 0 Å². The molecule has 0 fully saturated rings. The minimum atomic E-state index is -0.482. The van der Waals surface area contributed by atoms with Crippen molar-refractivity contribution in [1.82, 2.24) is 0 Å². The predicted octanol–water partition coefficient (Wildman–Crippen LogP) is 5.12. The molecule has 0 saturated carbocycles. The van der Waals surface area contributed by atoms with E-state index < -0.39 is 4.92 Å². The molecule has 0 heterocycles. The third kappa shape index (κ3) is 3.89. The summed E-state index contributed by atoms with van der Waals surface area (Å²) in [6.45, 7) is 4.28. The van der Waals surface area contributed by atoms with Gasteiger partial charge in [0.15, 0.2) is 0 Å². The second kappa shape index (κ2) is 6.50. The van der Waals surface area contributed by atoms with Crippen molar-refractivity contribution in [3.05, 3.63) is 68.7 Å². The van der Waals surface area contributed by atoms with Crippen LogP contribution in [-0.4, -0.2) is 11.1 Å². The van der Waals surface area contributed by atoms with Gasteiger partial charge in [-0.05, 0) is 23.1 Å². The van der Waals surface area contributed by atoms with Gasteiger partial charge in [-0.2, -0.15) is 0 Å². The van der Waals surface area contributed by atoms with Gasteiger partial charge < -0.3 is 0 Å². The van der Waals surface area contributed by atoms with Crippen LogP contribution in [0.5, 0.6) is 0 Å². The van der Waals surface area contributed by atoms with Crippen molar-refractivity contribution in [2.75, 3.05) is 0 Å². The third-order valence-electron chi connectivity index (χ3n) is 3.10. The molecule has 2 aromatic carbocycles. The lowest BCUT2D eigenvalue weighted by atomic mass is 10.0. The number of nitro benzene ring substituents is 1. The van der Waals surface area contributed by atoms with Crippen molar-refractivity contribution in [2.24, 2.45) is 4.99 Å². The molecule has 2 aromatic rings. The molecule has 108 valence electrons. The molecule has 0 aliphatic carbocycles. The van der Waals surface area contributed by atoms with Crippen LogP contribution in [0.2, 0.25) is 5.02 Å². The number of benzene rings is 2. The normalized spacial score (nSPS) is 11.2. The molecular weight excluding hydrogens is 288 g/mol. The number of nitrogens with zero attached hydrogens (tertiary/aromatic N) is 2. The fraction of sp³-hybridized carbons (Fsp3) is 0.188. The van der Waals surface area contributed by atoms with Crippen LogP contribution in [-0.2, 0) is 0 Å². The van der Waals surface area contributed by atoms with E-state index in [1.807, 2.05) is 12.1 Å². The molecule has 0 aliphatic rings. The lowest BCUT2D eigenvalue weighted by Crippen LogP contribution is -1.88. The van der Waals surface area contributed by atoms with Gasteiger partial charge in [-0.25, -0.2) is 0 Å². The molecule has 0 unspecified atom stereocenters. The van der Waals surface area contributed by atoms with Gasteiger partial charge in [0, 0.05) is 18.3 Å². The third-order valence-corrected chi connectivity index (χ3v) is 3.40. The highest BCUT2D eigenvalue weighted by Crippen LogP contribution is 2.28. The van der Waals surface area contributed by atoms with Crippen LogP contribution in [0.4, 0.5) is 11.4 Å². The summed E-state index contributed by atoms with van der Waals surface area (Å²) in [6, 6.07) is 12.3. The van der Waals surface area contributed by atoms with Crippen LogP contribution < -0.4 is 0 Å². The zero-order valence-electron chi connectivity index (χ0n) is 11.8. The quantitative estimate of drug-likeness (QED) is 0.447. The maximum atomic E-state index is 10.6. The summed E-state index contributed by atoms with van der Waals surface area (Å²) in [5.74, 6) is 0.486. The average molecular weight is 303 g/mol. The first kappa shape index (κ1) is 15.2. The summed E-state index contributed by atoms with van der Waals surface area (Å²) in [7, 11) is 0. The van der Waals surface area contributed by atoms with Gasteiger partial charge >= 0.3 is 0 Å². The maximum absolute atomic E-state index is 10.6. The summed E-state index contributed by atoms with van der Waals surface area (Å²) >= 11 is 5.99. The predicted molar refractivity (Wildman–Crippen MR) is 85.9 cm³/mol. The van der Waals surface area contributed by atoms with E-state index in [0.29, 0.717) is 11.6 Å². The van der Waals surface area contributed by atoms with Crippen LogP contribution in [0.1, 0.15) is 30.9 Å². The Morgan fingerprint density at radius 2 is 1.86 bits per heavy atom. The average Bonchev–Trinajstić information content (AvgIpc) is 2.46. The van der Waals surface area contributed by atoms with Gasteiger partial charge in [0.1, 0.15) is 0 Å². The second-order valence-electron chi connectivity index (χ2n) is 4.97. The van der Waals surface area contributed by atoms with E-state index in [1.165, 1.54) is 17.7 Å². The minimum absolute atomic E-state index is 0.0414. The SMILES string of the molecule is CC(C)c1ccc(C=Nc2ccc([N+](=O)[O-])cc2Cl)cc1. The van der Waals surface area contributed by atoms with Gasteiger partial charge in [0.05, 0.1) is 15.6 Å². The Morgan fingerprint density at radius 3 is 2.38 bits per heavy atom. The first-order valence-corrected chi connectivity index (χ1v) is 6.93. The number of non-ortho nitro benzene ring substituents is 1. The van der Waals surface area contributed by atoms with E-state index in [-0.39, 0.29) is 10.7 Å². The Kier molecular flexibility index (Phi) is 4.70. The van der Waals surface area contributed by atoms with Crippen LogP contribution >= 0.6 is 11.6 Å². The van der Waals surface area contributed by atoms with Crippen molar-refractivity contribution in [1.29, 1.82) is 0 Å². The molecule has 2 rings (SSSR count). The molecule has 21 heavy (non-hydrogen) atoms. The summed E-state index contributed by atoms with van der Waals surface area (Å²) in [5.41, 5.74) is 2.68. The van der Waals surface area contributed by atoms with E-state index in [0.717, 1.165) is 5.56 Å². The van der Waals surface area contributed by atoms with Crippen LogP contribution in [0.15, 0.2) is 47.5 Å². The first-order valence-electron chi connectivity index (χ1n) is 6.55. The number of nitro groups is 1. The van der Waals surface area contributed by atoms with Gasteiger partial charge in [-0.15, -0.1) is 0 Å². The standard InChI is InChI=1S/C16H15ClN2O2/c1-11(2)13-5-3-12(4-6-13)10-18-16-8-7-14(19(20)21)9-15(16)17/h3-11H,1-2H3. The molecule has 0 aromatic heterocycles. The topological polar surface area (TPSA) is 55.5 Å². The maximum Gasteiger partial charge on any atom is 0.271 e. The Labute approximate surface area is 128 Å². The van der Waals surface area contributed by atoms with Crippen LogP contribution in [0.25, 0.3) is 0 Å². The Bertz CT molecular complexity index is 679. The zero-order chi connectivity index (χ0) is 15.4. The highest BCUT2D eigenvalue weighted by atomic mass is 35.5. The lowest BCUT2D eigenvalue weighted by Gasteiger charge is -2.04. The molecule has 0 bridgehead atoms. The fourth-order valence-corrected chi connectivity index (χ4v) is 2.05. The van der Waals surface area contributed by atoms with E-state index >= 15 is 0 Å². The fourth-order valence-electron chi connectivity index (χ4n) is 1.83. The summed E-state index contributed by atoms with van der Waals surface area (Å²) < 4.78 is 0. The van der Waals surface area contributed by atoms with Crippen molar-refractivity contribution >= 4 is 29.2 Å². The first-order chi connectivity index (χ1) is 9.97. The molecule has 0 spiro atoms. The molecule has 0 saturated heterocycles. The van der Waals surface area contributed by atoms with Crippen molar-refractivity contribution in [3.63, 3.8) is 0 Å². The van der Waals surface area contributed by atoms with Gasteiger partial charge in [-0.3, -0.25) is 15.1 Å². The number of aliphatic imine (C=N–C) groups is 1. The summed E-state index contributed by atoms with van der Waals surface area (Å²) in [5, 5.41) is 10.9. The van der Waals surface area contributed by atoms with E-state index in [1.54, 1.807) is 12.3 Å². The van der Waals surface area contributed by atoms with Gasteiger partial charge in [-0.1, -0.05) is 49.7 Å². The molecule has 0 N–H and O–H groups in total. The molecular formula is C16H15ClN2O2. The molecule has 0 amide bonds. The largest absolute Gasteiger partial charge is 0.271 e. The van der Waals surface area contributed by atoms with E-state index in [2.05, 4.69) is 31.0 Å². The number of hydrogen-bond donors (Lipinski definition) is 0. The molecule has 0 atom stereocenters. The molecule has 5 heteroatoms. The Morgan fingerprint density at radius 1 is 1.19 bits per heavy atom. The van der Waals surface area contributed by atoms with Crippen LogP contribution in [0, 0.1) is 10.1 Å². The number of halogens is 1. The van der Waals surface area contributed by atoms with Crippen molar-refractivity contribution < 1.29 is 4.92 Å². The minimum Gasteiger partial charge on any atom is -0.258 e. The number of rotatable bonds is 4. The number of hydrogen-bond acceptors (Lipinski definition) is 3. The van der Waals surface area contributed by atoms with E-state index in [4.69, 9.17) is 11.6 Å². The summed E-state index contributed by atoms with van der Waals surface area (Å²) in [4.78, 5) is 14.4. The monoisotopic (exact) mass is 302 g/mol.